The molecule has 1 fully saturated rings. The molecule has 0 aliphatic carbocycles. The highest BCUT2D eigenvalue weighted by Crippen LogP contribution is 2.28. The van der Waals surface area contributed by atoms with Crippen LogP contribution in [0.5, 0.6) is 5.75 Å². The number of methoxy groups -OCH3 is 1. The van der Waals surface area contributed by atoms with E-state index in [0.717, 1.165) is 31.7 Å². The Morgan fingerprint density at radius 3 is 2.78 bits per heavy atom. The molecule has 0 spiro atoms. The van der Waals surface area contributed by atoms with Gasteiger partial charge in [-0.05, 0) is 67.6 Å². The molecule has 2 unspecified atom stereocenters. The third-order valence-electron chi connectivity index (χ3n) is 5.99. The van der Waals surface area contributed by atoms with Gasteiger partial charge in [0.15, 0.2) is 0 Å². The van der Waals surface area contributed by atoms with Crippen molar-refractivity contribution in [2.24, 2.45) is 0 Å². The summed E-state index contributed by atoms with van der Waals surface area (Å²) in [6.07, 6.45) is 7.76. The van der Waals surface area contributed by atoms with E-state index in [-0.39, 0.29) is 11.9 Å². The molecule has 0 bridgehead atoms. The van der Waals surface area contributed by atoms with Gasteiger partial charge in [-0.2, -0.15) is 5.10 Å². The molecule has 0 radical (unpaired) electrons. The SMILES string of the molecule is COc1ccc(Cn2cc(C3CCCN(C(C)C(=O)Nc4ccc(Cl)cn4)C3)cn2)cc1. The fourth-order valence-electron chi connectivity index (χ4n) is 4.07. The number of likely N-dealkylation sites (tertiary alicyclic amines) is 1. The molecule has 7 nitrogen and oxygen atoms in total. The van der Waals surface area contributed by atoms with Gasteiger partial charge in [-0.1, -0.05) is 23.7 Å². The van der Waals surface area contributed by atoms with E-state index in [4.69, 9.17) is 16.3 Å². The predicted molar refractivity (Wildman–Crippen MR) is 125 cm³/mol. The van der Waals surface area contributed by atoms with Crippen LogP contribution in [0.1, 0.15) is 36.8 Å². The van der Waals surface area contributed by atoms with Gasteiger partial charge in [0.05, 0.1) is 30.9 Å². The van der Waals surface area contributed by atoms with Gasteiger partial charge in [0, 0.05) is 18.9 Å². The average Bonchev–Trinajstić information content (AvgIpc) is 3.29. The zero-order valence-electron chi connectivity index (χ0n) is 18.4. The molecule has 8 heteroatoms. The molecule has 1 saturated heterocycles. The van der Waals surface area contributed by atoms with Crippen molar-refractivity contribution in [3.05, 3.63) is 71.1 Å². The highest BCUT2D eigenvalue weighted by molar-refractivity contribution is 6.30. The monoisotopic (exact) mass is 453 g/mol. The van der Waals surface area contributed by atoms with Gasteiger partial charge in [-0.15, -0.1) is 0 Å². The standard InChI is InChI=1S/C24H28ClN5O2/c1-17(24(31)28-23-10-7-21(25)13-26-23)29-11-3-4-19(15-29)20-12-27-30(16-20)14-18-5-8-22(32-2)9-6-18/h5-10,12-13,16-17,19H,3-4,11,14-15H2,1-2H3,(H,26,28,31). The lowest BCUT2D eigenvalue weighted by molar-refractivity contribution is -0.121. The van der Waals surface area contributed by atoms with E-state index >= 15 is 0 Å². The van der Waals surface area contributed by atoms with Crippen molar-refractivity contribution in [2.75, 3.05) is 25.5 Å². The van der Waals surface area contributed by atoms with Crippen molar-refractivity contribution < 1.29 is 9.53 Å². The number of carbonyl (C=O) groups is 1. The number of piperidine rings is 1. The molecule has 3 aromatic rings. The second-order valence-electron chi connectivity index (χ2n) is 8.18. The molecular formula is C24H28ClN5O2. The fourth-order valence-corrected chi connectivity index (χ4v) is 4.18. The van der Waals surface area contributed by atoms with E-state index in [1.807, 2.05) is 29.9 Å². The Hall–Kier alpha value is -2.90. The van der Waals surface area contributed by atoms with Crippen LogP contribution in [0.25, 0.3) is 0 Å². The molecule has 32 heavy (non-hydrogen) atoms. The Balaban J connectivity index is 1.35. The van der Waals surface area contributed by atoms with E-state index < -0.39 is 0 Å². The number of hydrogen-bond donors (Lipinski definition) is 1. The second-order valence-corrected chi connectivity index (χ2v) is 8.62. The molecule has 4 rings (SSSR count). The number of anilines is 1. The van der Waals surface area contributed by atoms with Gasteiger partial charge in [0.1, 0.15) is 11.6 Å². The van der Waals surface area contributed by atoms with Crippen LogP contribution < -0.4 is 10.1 Å². The van der Waals surface area contributed by atoms with Crippen LogP contribution >= 0.6 is 11.6 Å². The minimum absolute atomic E-state index is 0.0596. The van der Waals surface area contributed by atoms with Crippen LogP contribution in [0.3, 0.4) is 0 Å². The Morgan fingerprint density at radius 1 is 1.25 bits per heavy atom. The summed E-state index contributed by atoms with van der Waals surface area (Å²) in [5, 5.41) is 7.99. The smallest absolute Gasteiger partial charge is 0.242 e. The van der Waals surface area contributed by atoms with Crippen molar-refractivity contribution in [3.63, 3.8) is 0 Å². The highest BCUT2D eigenvalue weighted by Gasteiger charge is 2.29. The van der Waals surface area contributed by atoms with Crippen LogP contribution in [0.2, 0.25) is 5.02 Å². The number of ether oxygens (including phenoxy) is 1. The number of nitrogens with one attached hydrogen (secondary N) is 1. The summed E-state index contributed by atoms with van der Waals surface area (Å²) < 4.78 is 7.19. The van der Waals surface area contributed by atoms with Crippen molar-refractivity contribution in [2.45, 2.75) is 38.3 Å². The van der Waals surface area contributed by atoms with E-state index in [9.17, 15) is 4.79 Å². The number of pyridine rings is 1. The van der Waals surface area contributed by atoms with Gasteiger partial charge in [-0.3, -0.25) is 14.4 Å². The zero-order valence-corrected chi connectivity index (χ0v) is 19.1. The van der Waals surface area contributed by atoms with Crippen molar-refractivity contribution in [1.29, 1.82) is 0 Å². The summed E-state index contributed by atoms with van der Waals surface area (Å²) >= 11 is 5.87. The van der Waals surface area contributed by atoms with Crippen molar-refractivity contribution in [1.82, 2.24) is 19.7 Å². The maximum absolute atomic E-state index is 12.7. The Bertz CT molecular complexity index is 1040. The third-order valence-corrected chi connectivity index (χ3v) is 6.21. The lowest BCUT2D eigenvalue weighted by Gasteiger charge is -2.35. The largest absolute Gasteiger partial charge is 0.497 e. The van der Waals surface area contributed by atoms with Gasteiger partial charge in [0.2, 0.25) is 5.91 Å². The van der Waals surface area contributed by atoms with Gasteiger partial charge in [0.25, 0.3) is 0 Å². The molecule has 1 aliphatic heterocycles. The van der Waals surface area contributed by atoms with E-state index in [1.54, 1.807) is 19.2 Å². The maximum Gasteiger partial charge on any atom is 0.242 e. The maximum atomic E-state index is 12.7. The van der Waals surface area contributed by atoms with Crippen molar-refractivity contribution in [3.8, 4) is 5.75 Å². The quantitative estimate of drug-likeness (QED) is 0.580. The van der Waals surface area contributed by atoms with E-state index in [1.165, 1.54) is 17.3 Å². The Labute approximate surface area is 193 Å². The molecule has 1 aromatic carbocycles. The number of aromatic nitrogens is 3. The Morgan fingerprint density at radius 2 is 2.06 bits per heavy atom. The third kappa shape index (κ3) is 5.47. The summed E-state index contributed by atoms with van der Waals surface area (Å²) in [6.45, 7) is 4.39. The average molecular weight is 454 g/mol. The topological polar surface area (TPSA) is 72.3 Å². The molecule has 3 heterocycles. The summed E-state index contributed by atoms with van der Waals surface area (Å²) in [5.74, 6) is 1.66. The first kappa shape index (κ1) is 22.3. The summed E-state index contributed by atoms with van der Waals surface area (Å²) in [5.41, 5.74) is 2.39. The zero-order chi connectivity index (χ0) is 22.5. The molecular weight excluding hydrogens is 426 g/mol. The molecule has 0 saturated carbocycles. The molecule has 2 aromatic heterocycles. The molecule has 2 atom stereocenters. The predicted octanol–water partition coefficient (Wildman–Crippen LogP) is 4.20. The number of rotatable bonds is 7. The lowest BCUT2D eigenvalue weighted by Crippen LogP contribution is -2.46. The first-order chi connectivity index (χ1) is 15.5. The van der Waals surface area contributed by atoms with E-state index in [0.29, 0.717) is 23.3 Å². The summed E-state index contributed by atoms with van der Waals surface area (Å²) in [4.78, 5) is 19.1. The second kappa shape index (κ2) is 10.1. The molecule has 1 amide bonds. The lowest BCUT2D eigenvalue weighted by atomic mass is 9.92. The summed E-state index contributed by atoms with van der Waals surface area (Å²) in [7, 11) is 1.67. The van der Waals surface area contributed by atoms with Crippen LogP contribution in [-0.2, 0) is 11.3 Å². The summed E-state index contributed by atoms with van der Waals surface area (Å²) in [6, 6.07) is 11.2. The first-order valence-corrected chi connectivity index (χ1v) is 11.2. The first-order valence-electron chi connectivity index (χ1n) is 10.8. The van der Waals surface area contributed by atoms with Gasteiger partial charge in [-0.25, -0.2) is 4.98 Å². The van der Waals surface area contributed by atoms with Crippen LogP contribution in [-0.4, -0.2) is 51.8 Å². The normalized spacial score (nSPS) is 17.7. The van der Waals surface area contributed by atoms with E-state index in [2.05, 4.69) is 38.6 Å². The number of benzene rings is 1. The van der Waals surface area contributed by atoms with Crippen LogP contribution in [0.15, 0.2) is 55.0 Å². The molecule has 1 aliphatic rings. The van der Waals surface area contributed by atoms with Crippen LogP contribution in [0.4, 0.5) is 5.82 Å². The molecule has 168 valence electrons. The number of hydrogen-bond acceptors (Lipinski definition) is 5. The minimum atomic E-state index is -0.246. The van der Waals surface area contributed by atoms with Crippen LogP contribution in [0, 0.1) is 0 Å². The van der Waals surface area contributed by atoms with Crippen molar-refractivity contribution >= 4 is 23.3 Å². The van der Waals surface area contributed by atoms with Gasteiger partial charge < -0.3 is 10.1 Å². The number of nitrogens with zero attached hydrogens (tertiary/aromatic N) is 4. The fraction of sp³-hybridized carbons (Fsp3) is 0.375. The molecule has 1 N–H and O–H groups in total. The van der Waals surface area contributed by atoms with Gasteiger partial charge >= 0.3 is 0 Å². The number of carbonyl (C=O) groups excluding carboxylic acids is 1. The Kier molecular flexibility index (Phi) is 7.07. The minimum Gasteiger partial charge on any atom is -0.497 e. The number of halogens is 1. The highest BCUT2D eigenvalue weighted by atomic mass is 35.5. The number of amides is 1.